The Morgan fingerprint density at radius 3 is 2.95 bits per heavy atom. The largest absolute Gasteiger partial charge is 0.379 e. The number of imidazole rings is 1. The van der Waals surface area contributed by atoms with Crippen LogP contribution in [0.4, 0.5) is 11.4 Å². The molecule has 0 unspecified atom stereocenters. The Hall–Kier alpha value is -2.89. The third kappa shape index (κ3) is 2.44. The lowest BCUT2D eigenvalue weighted by molar-refractivity contribution is -0.384. The second kappa shape index (κ2) is 5.00. The minimum atomic E-state index is -0.407. The summed E-state index contributed by atoms with van der Waals surface area (Å²) >= 11 is 0. The molecule has 1 aromatic carbocycles. The Bertz CT molecular complexity index is 733. The number of nitro benzene ring substituents is 1. The van der Waals surface area contributed by atoms with Gasteiger partial charge in [-0.15, -0.1) is 0 Å². The lowest BCUT2D eigenvalue weighted by Gasteiger charge is -2.03. The average Bonchev–Trinajstić information content (AvgIpc) is 2.88. The highest BCUT2D eigenvalue weighted by atomic mass is 16.6. The van der Waals surface area contributed by atoms with Gasteiger partial charge in [-0.2, -0.15) is 0 Å². The van der Waals surface area contributed by atoms with Gasteiger partial charge in [0.05, 0.1) is 17.2 Å². The summed E-state index contributed by atoms with van der Waals surface area (Å²) in [5.74, 6) is 0. The number of non-ortho nitro benzene ring substituents is 1. The molecule has 0 spiro atoms. The van der Waals surface area contributed by atoms with Gasteiger partial charge in [-0.05, 0) is 18.2 Å². The van der Waals surface area contributed by atoms with Crippen molar-refractivity contribution in [1.82, 2.24) is 9.38 Å². The summed E-state index contributed by atoms with van der Waals surface area (Å²) in [5, 5.41) is 13.8. The maximum atomic E-state index is 10.7. The minimum absolute atomic E-state index is 0.0741. The number of benzene rings is 1. The van der Waals surface area contributed by atoms with Crippen molar-refractivity contribution < 1.29 is 4.92 Å². The maximum absolute atomic E-state index is 10.7. The van der Waals surface area contributed by atoms with Crippen molar-refractivity contribution in [3.63, 3.8) is 0 Å². The molecule has 0 aliphatic rings. The van der Waals surface area contributed by atoms with Gasteiger partial charge >= 0.3 is 0 Å². The average molecular weight is 268 g/mol. The number of aromatic nitrogens is 2. The van der Waals surface area contributed by atoms with Gasteiger partial charge in [0.25, 0.3) is 5.69 Å². The van der Waals surface area contributed by atoms with E-state index in [0.717, 1.165) is 11.3 Å². The van der Waals surface area contributed by atoms with Gasteiger partial charge in [0, 0.05) is 30.2 Å². The second-order valence-corrected chi connectivity index (χ2v) is 4.36. The number of pyridine rings is 1. The molecule has 3 rings (SSSR count). The minimum Gasteiger partial charge on any atom is -0.379 e. The summed E-state index contributed by atoms with van der Waals surface area (Å²) < 4.78 is 1.93. The molecule has 0 fully saturated rings. The van der Waals surface area contributed by atoms with Gasteiger partial charge in [0.2, 0.25) is 0 Å². The highest BCUT2D eigenvalue weighted by Gasteiger charge is 2.06. The van der Waals surface area contributed by atoms with Crippen molar-refractivity contribution in [2.24, 2.45) is 0 Å². The molecule has 6 nitrogen and oxygen atoms in total. The lowest BCUT2D eigenvalue weighted by Crippen LogP contribution is -2.00. The van der Waals surface area contributed by atoms with Gasteiger partial charge in [-0.1, -0.05) is 12.1 Å². The Morgan fingerprint density at radius 2 is 2.15 bits per heavy atom. The predicted molar refractivity (Wildman–Crippen MR) is 75.6 cm³/mol. The van der Waals surface area contributed by atoms with Crippen LogP contribution in [0.3, 0.4) is 0 Å². The summed E-state index contributed by atoms with van der Waals surface area (Å²) in [7, 11) is 0. The fraction of sp³-hybridized carbons (Fsp3) is 0.0714. The van der Waals surface area contributed by atoms with Crippen LogP contribution in [0.1, 0.15) is 5.69 Å². The van der Waals surface area contributed by atoms with E-state index in [-0.39, 0.29) is 5.69 Å². The van der Waals surface area contributed by atoms with Gasteiger partial charge in [0.1, 0.15) is 5.65 Å². The number of anilines is 1. The van der Waals surface area contributed by atoms with Gasteiger partial charge in [-0.25, -0.2) is 4.98 Å². The quantitative estimate of drug-likeness (QED) is 0.583. The van der Waals surface area contributed by atoms with Gasteiger partial charge in [-0.3, -0.25) is 10.1 Å². The van der Waals surface area contributed by atoms with E-state index in [2.05, 4.69) is 10.3 Å². The maximum Gasteiger partial charge on any atom is 0.271 e. The van der Waals surface area contributed by atoms with Gasteiger partial charge < -0.3 is 9.72 Å². The van der Waals surface area contributed by atoms with Crippen LogP contribution in [0, 0.1) is 10.1 Å². The molecule has 100 valence electrons. The SMILES string of the molecule is O=[N+]([O-])c1cccc(NCc2cn3ccccc3n2)c1. The van der Waals surface area contributed by atoms with Crippen molar-refractivity contribution in [2.45, 2.75) is 6.54 Å². The number of rotatable bonds is 4. The summed E-state index contributed by atoms with van der Waals surface area (Å²) in [6, 6.07) is 12.2. The highest BCUT2D eigenvalue weighted by Crippen LogP contribution is 2.17. The molecular weight excluding hydrogens is 256 g/mol. The predicted octanol–water partition coefficient (Wildman–Crippen LogP) is 2.85. The molecule has 0 atom stereocenters. The van der Waals surface area contributed by atoms with E-state index in [1.165, 1.54) is 12.1 Å². The Morgan fingerprint density at radius 1 is 1.25 bits per heavy atom. The number of fused-ring (bicyclic) bond motifs is 1. The zero-order valence-electron chi connectivity index (χ0n) is 10.6. The van der Waals surface area contributed by atoms with Crippen molar-refractivity contribution in [2.75, 3.05) is 5.32 Å². The first kappa shape index (κ1) is 12.2. The third-order valence-corrected chi connectivity index (χ3v) is 2.94. The highest BCUT2D eigenvalue weighted by molar-refractivity contribution is 5.51. The first-order valence-electron chi connectivity index (χ1n) is 6.13. The fourth-order valence-corrected chi connectivity index (χ4v) is 1.99. The van der Waals surface area contributed by atoms with E-state index in [0.29, 0.717) is 12.2 Å². The van der Waals surface area contributed by atoms with E-state index in [1.54, 1.807) is 12.1 Å². The van der Waals surface area contributed by atoms with Crippen molar-refractivity contribution >= 4 is 17.0 Å². The van der Waals surface area contributed by atoms with E-state index in [4.69, 9.17) is 0 Å². The molecule has 6 heteroatoms. The molecular formula is C14H12N4O2. The number of hydrogen-bond donors (Lipinski definition) is 1. The zero-order chi connectivity index (χ0) is 13.9. The lowest BCUT2D eigenvalue weighted by atomic mass is 10.3. The Balaban J connectivity index is 1.75. The molecule has 3 aromatic rings. The van der Waals surface area contributed by atoms with Crippen LogP contribution in [0.5, 0.6) is 0 Å². The molecule has 2 aromatic heterocycles. The van der Waals surface area contributed by atoms with Crippen LogP contribution >= 0.6 is 0 Å². The van der Waals surface area contributed by atoms with E-state index in [1.807, 2.05) is 35.0 Å². The number of nitro groups is 1. The molecule has 20 heavy (non-hydrogen) atoms. The molecule has 2 heterocycles. The monoisotopic (exact) mass is 268 g/mol. The smallest absolute Gasteiger partial charge is 0.271 e. The summed E-state index contributed by atoms with van der Waals surface area (Å²) in [4.78, 5) is 14.8. The second-order valence-electron chi connectivity index (χ2n) is 4.36. The van der Waals surface area contributed by atoms with Crippen LogP contribution in [0.2, 0.25) is 0 Å². The first-order chi connectivity index (χ1) is 9.72. The number of hydrogen-bond acceptors (Lipinski definition) is 4. The standard InChI is InChI=1S/C14H12N4O2/c19-18(20)13-5-3-4-11(8-13)15-9-12-10-17-7-2-1-6-14(17)16-12/h1-8,10,15H,9H2. The van der Waals surface area contributed by atoms with Crippen molar-refractivity contribution in [3.8, 4) is 0 Å². The Kier molecular flexibility index (Phi) is 3.04. The van der Waals surface area contributed by atoms with Crippen LogP contribution in [-0.2, 0) is 6.54 Å². The molecule has 0 amide bonds. The summed E-state index contributed by atoms with van der Waals surface area (Å²) in [6.45, 7) is 0.517. The molecule has 0 bridgehead atoms. The molecule has 0 radical (unpaired) electrons. The van der Waals surface area contributed by atoms with Crippen molar-refractivity contribution in [3.05, 3.63) is 70.7 Å². The first-order valence-corrected chi connectivity index (χ1v) is 6.13. The Labute approximate surface area is 114 Å². The van der Waals surface area contributed by atoms with E-state index < -0.39 is 4.92 Å². The normalized spacial score (nSPS) is 10.6. The topological polar surface area (TPSA) is 72.5 Å². The van der Waals surface area contributed by atoms with Crippen LogP contribution in [0.25, 0.3) is 5.65 Å². The zero-order valence-corrected chi connectivity index (χ0v) is 10.6. The summed E-state index contributed by atoms with van der Waals surface area (Å²) in [5.41, 5.74) is 2.53. The number of nitrogens with zero attached hydrogens (tertiary/aromatic N) is 3. The summed E-state index contributed by atoms with van der Waals surface area (Å²) in [6.07, 6.45) is 3.86. The van der Waals surface area contributed by atoms with E-state index >= 15 is 0 Å². The molecule has 0 aliphatic heterocycles. The van der Waals surface area contributed by atoms with Crippen LogP contribution in [-0.4, -0.2) is 14.3 Å². The van der Waals surface area contributed by atoms with Crippen LogP contribution in [0.15, 0.2) is 54.9 Å². The van der Waals surface area contributed by atoms with Gasteiger partial charge in [0.15, 0.2) is 0 Å². The van der Waals surface area contributed by atoms with E-state index in [9.17, 15) is 10.1 Å². The third-order valence-electron chi connectivity index (χ3n) is 2.94. The molecule has 1 N–H and O–H groups in total. The van der Waals surface area contributed by atoms with Crippen LogP contribution < -0.4 is 5.32 Å². The molecule has 0 saturated carbocycles. The molecule has 0 aliphatic carbocycles. The van der Waals surface area contributed by atoms with Crippen molar-refractivity contribution in [1.29, 1.82) is 0 Å². The number of nitrogens with one attached hydrogen (secondary N) is 1. The molecule has 0 saturated heterocycles. The fourth-order valence-electron chi connectivity index (χ4n) is 1.99.